The number of rotatable bonds is 4. The SMILES string of the molecule is Cc1cccc(N=C(CC(=O)O)Nc2cccc(C)c2)c1. The van der Waals surface area contributed by atoms with Gasteiger partial charge in [-0.25, -0.2) is 4.99 Å². The van der Waals surface area contributed by atoms with Crippen molar-refractivity contribution in [1.82, 2.24) is 0 Å². The number of hydrogen-bond acceptors (Lipinski definition) is 2. The van der Waals surface area contributed by atoms with Crippen molar-refractivity contribution in [3.05, 3.63) is 59.7 Å². The van der Waals surface area contributed by atoms with Gasteiger partial charge >= 0.3 is 5.97 Å². The molecule has 0 heterocycles. The van der Waals surface area contributed by atoms with E-state index < -0.39 is 5.97 Å². The second-order valence-corrected chi connectivity index (χ2v) is 4.96. The first-order valence-corrected chi connectivity index (χ1v) is 6.72. The Bertz CT molecular complexity index is 678. The first kappa shape index (κ1) is 14.8. The Balaban J connectivity index is 2.27. The predicted molar refractivity (Wildman–Crippen MR) is 85.3 cm³/mol. The third kappa shape index (κ3) is 4.76. The number of carbonyl (C=O) groups is 1. The fourth-order valence-electron chi connectivity index (χ4n) is 2.00. The van der Waals surface area contributed by atoms with Crippen molar-refractivity contribution in [1.29, 1.82) is 0 Å². The number of amidine groups is 1. The van der Waals surface area contributed by atoms with E-state index in [1.54, 1.807) is 0 Å². The zero-order valence-electron chi connectivity index (χ0n) is 12.1. The van der Waals surface area contributed by atoms with Crippen LogP contribution in [0.3, 0.4) is 0 Å². The van der Waals surface area contributed by atoms with Crippen molar-refractivity contribution < 1.29 is 9.90 Å². The van der Waals surface area contributed by atoms with Gasteiger partial charge in [-0.15, -0.1) is 0 Å². The number of anilines is 1. The topological polar surface area (TPSA) is 61.7 Å². The summed E-state index contributed by atoms with van der Waals surface area (Å²) < 4.78 is 0. The van der Waals surface area contributed by atoms with Crippen LogP contribution in [-0.4, -0.2) is 16.9 Å². The second kappa shape index (κ2) is 6.70. The highest BCUT2D eigenvalue weighted by molar-refractivity contribution is 6.05. The van der Waals surface area contributed by atoms with Crippen LogP contribution in [0.15, 0.2) is 53.5 Å². The van der Waals surface area contributed by atoms with Gasteiger partial charge in [0, 0.05) is 5.69 Å². The van der Waals surface area contributed by atoms with Gasteiger partial charge in [-0.1, -0.05) is 24.3 Å². The summed E-state index contributed by atoms with van der Waals surface area (Å²) in [6.45, 7) is 3.96. The van der Waals surface area contributed by atoms with E-state index in [-0.39, 0.29) is 6.42 Å². The van der Waals surface area contributed by atoms with E-state index >= 15 is 0 Å². The maximum Gasteiger partial charge on any atom is 0.311 e. The van der Waals surface area contributed by atoms with Gasteiger partial charge in [0.1, 0.15) is 12.3 Å². The molecule has 2 aromatic carbocycles. The molecule has 0 aliphatic carbocycles. The van der Waals surface area contributed by atoms with Gasteiger partial charge in [0.15, 0.2) is 0 Å². The molecule has 0 saturated heterocycles. The van der Waals surface area contributed by atoms with Gasteiger partial charge in [-0.2, -0.15) is 0 Å². The van der Waals surface area contributed by atoms with Crippen molar-refractivity contribution in [3.8, 4) is 0 Å². The zero-order valence-corrected chi connectivity index (χ0v) is 12.1. The van der Waals surface area contributed by atoms with Crippen molar-refractivity contribution in [2.24, 2.45) is 4.99 Å². The van der Waals surface area contributed by atoms with Crippen LogP contribution < -0.4 is 5.32 Å². The molecule has 4 heteroatoms. The third-order valence-corrected chi connectivity index (χ3v) is 2.89. The minimum Gasteiger partial charge on any atom is -0.481 e. The first-order chi connectivity index (χ1) is 10.0. The molecule has 0 aliphatic heterocycles. The van der Waals surface area contributed by atoms with E-state index in [9.17, 15) is 4.79 Å². The Morgan fingerprint density at radius 2 is 1.76 bits per heavy atom. The molecule has 21 heavy (non-hydrogen) atoms. The summed E-state index contributed by atoms with van der Waals surface area (Å²) in [5.74, 6) is -0.500. The summed E-state index contributed by atoms with van der Waals surface area (Å²) >= 11 is 0. The molecule has 0 unspecified atom stereocenters. The lowest BCUT2D eigenvalue weighted by molar-refractivity contribution is -0.135. The number of benzene rings is 2. The van der Waals surface area contributed by atoms with E-state index in [1.807, 2.05) is 62.4 Å². The monoisotopic (exact) mass is 282 g/mol. The molecule has 0 atom stereocenters. The van der Waals surface area contributed by atoms with Gasteiger partial charge < -0.3 is 10.4 Å². The summed E-state index contributed by atoms with van der Waals surface area (Å²) in [5, 5.41) is 12.1. The number of nitrogens with one attached hydrogen (secondary N) is 1. The number of aliphatic carboxylic acids is 1. The van der Waals surface area contributed by atoms with Crippen LogP contribution in [-0.2, 0) is 4.79 Å². The zero-order chi connectivity index (χ0) is 15.2. The third-order valence-electron chi connectivity index (χ3n) is 2.89. The highest BCUT2D eigenvalue weighted by Crippen LogP contribution is 2.16. The van der Waals surface area contributed by atoms with Crippen LogP contribution in [0.25, 0.3) is 0 Å². The molecule has 2 N–H and O–H groups in total. The van der Waals surface area contributed by atoms with Gasteiger partial charge in [0.25, 0.3) is 0 Å². The summed E-state index contributed by atoms with van der Waals surface area (Å²) in [6.07, 6.45) is -0.151. The van der Waals surface area contributed by atoms with Gasteiger partial charge in [0.05, 0.1) is 5.69 Å². The molecule has 0 fully saturated rings. The summed E-state index contributed by atoms with van der Waals surface area (Å²) in [4.78, 5) is 15.4. The maximum atomic E-state index is 11.0. The lowest BCUT2D eigenvalue weighted by Gasteiger charge is -2.09. The highest BCUT2D eigenvalue weighted by Gasteiger charge is 2.07. The minimum atomic E-state index is -0.915. The van der Waals surface area contributed by atoms with Gasteiger partial charge in [-0.05, 0) is 49.2 Å². The largest absolute Gasteiger partial charge is 0.481 e. The average Bonchev–Trinajstić information content (AvgIpc) is 2.37. The summed E-state index contributed by atoms with van der Waals surface area (Å²) in [6, 6.07) is 15.4. The molecular formula is C17H18N2O2. The van der Waals surface area contributed by atoms with Crippen LogP contribution in [0.1, 0.15) is 17.5 Å². The number of aryl methyl sites for hydroxylation is 2. The molecule has 0 saturated carbocycles. The van der Waals surface area contributed by atoms with Crippen LogP contribution in [0.4, 0.5) is 11.4 Å². The Kier molecular flexibility index (Phi) is 4.72. The van der Waals surface area contributed by atoms with Crippen molar-refractivity contribution in [2.75, 3.05) is 5.32 Å². The predicted octanol–water partition coefficient (Wildman–Crippen LogP) is 3.92. The number of carboxylic acids is 1. The standard InChI is InChI=1S/C17H18N2O2/c1-12-5-3-7-14(9-12)18-16(11-17(20)21)19-15-8-4-6-13(2)10-15/h3-10H,11H2,1-2H3,(H,18,19)(H,20,21). The fourth-order valence-corrected chi connectivity index (χ4v) is 2.00. The van der Waals surface area contributed by atoms with Crippen molar-refractivity contribution >= 4 is 23.2 Å². The summed E-state index contributed by atoms with van der Waals surface area (Å²) in [5.41, 5.74) is 3.76. The molecular weight excluding hydrogens is 264 g/mol. The molecule has 0 aliphatic rings. The molecule has 2 rings (SSSR count). The minimum absolute atomic E-state index is 0.151. The Labute approximate surface area is 124 Å². The van der Waals surface area contributed by atoms with Crippen LogP contribution in [0, 0.1) is 13.8 Å². The molecule has 0 aromatic heterocycles. The van der Waals surface area contributed by atoms with Gasteiger partial charge in [0.2, 0.25) is 0 Å². The van der Waals surface area contributed by atoms with E-state index in [4.69, 9.17) is 5.11 Å². The lowest BCUT2D eigenvalue weighted by Crippen LogP contribution is -2.16. The molecule has 4 nitrogen and oxygen atoms in total. The molecule has 0 amide bonds. The van der Waals surface area contributed by atoms with E-state index in [0.29, 0.717) is 5.84 Å². The van der Waals surface area contributed by atoms with E-state index in [2.05, 4.69) is 10.3 Å². The second-order valence-electron chi connectivity index (χ2n) is 4.96. The van der Waals surface area contributed by atoms with Crippen LogP contribution in [0.5, 0.6) is 0 Å². The first-order valence-electron chi connectivity index (χ1n) is 6.72. The summed E-state index contributed by atoms with van der Waals surface area (Å²) in [7, 11) is 0. The Hall–Kier alpha value is -2.62. The van der Waals surface area contributed by atoms with Crippen LogP contribution >= 0.6 is 0 Å². The molecule has 108 valence electrons. The van der Waals surface area contributed by atoms with Gasteiger partial charge in [-0.3, -0.25) is 4.79 Å². The van der Waals surface area contributed by atoms with Crippen LogP contribution in [0.2, 0.25) is 0 Å². The van der Waals surface area contributed by atoms with Crippen molar-refractivity contribution in [3.63, 3.8) is 0 Å². The highest BCUT2D eigenvalue weighted by atomic mass is 16.4. The maximum absolute atomic E-state index is 11.0. The number of hydrogen-bond donors (Lipinski definition) is 2. The fraction of sp³-hybridized carbons (Fsp3) is 0.176. The quantitative estimate of drug-likeness (QED) is 0.660. The normalized spacial score (nSPS) is 11.2. The molecule has 2 aromatic rings. The smallest absolute Gasteiger partial charge is 0.311 e. The Morgan fingerprint density at radius 1 is 1.10 bits per heavy atom. The molecule has 0 radical (unpaired) electrons. The van der Waals surface area contributed by atoms with E-state index in [0.717, 1.165) is 22.5 Å². The number of aliphatic imine (C=N–C) groups is 1. The number of carboxylic acid groups (broad SMARTS) is 1. The molecule has 0 spiro atoms. The Morgan fingerprint density at radius 3 is 2.38 bits per heavy atom. The average molecular weight is 282 g/mol. The lowest BCUT2D eigenvalue weighted by atomic mass is 10.2. The number of nitrogens with zero attached hydrogens (tertiary/aromatic N) is 1. The van der Waals surface area contributed by atoms with Crippen molar-refractivity contribution in [2.45, 2.75) is 20.3 Å². The van der Waals surface area contributed by atoms with E-state index in [1.165, 1.54) is 0 Å². The molecule has 0 bridgehead atoms.